The van der Waals surface area contributed by atoms with Crippen LogP contribution in [-0.2, 0) is 6.54 Å². The van der Waals surface area contributed by atoms with Gasteiger partial charge in [-0.25, -0.2) is 4.98 Å². The summed E-state index contributed by atoms with van der Waals surface area (Å²) < 4.78 is 1.63. The summed E-state index contributed by atoms with van der Waals surface area (Å²) in [5, 5.41) is 0. The second-order valence-corrected chi connectivity index (χ2v) is 7.06. The van der Waals surface area contributed by atoms with E-state index >= 15 is 0 Å². The normalized spacial score (nSPS) is 13.1. The van der Waals surface area contributed by atoms with Gasteiger partial charge in [-0.3, -0.25) is 23.9 Å². The Morgan fingerprint density at radius 3 is 2.00 bits per heavy atom. The zero-order valence-electron chi connectivity index (χ0n) is 16.2. The lowest BCUT2D eigenvalue weighted by Crippen LogP contribution is -2.31. The molecule has 0 fully saturated rings. The Bertz CT molecular complexity index is 1100. The van der Waals surface area contributed by atoms with Crippen LogP contribution in [0.2, 0.25) is 0 Å². The maximum Gasteiger partial charge on any atom is 0.261 e. The molecule has 0 spiro atoms. The molecule has 0 bridgehead atoms. The van der Waals surface area contributed by atoms with Crippen LogP contribution in [0.25, 0.3) is 11.3 Å². The predicted octanol–water partition coefficient (Wildman–Crippen LogP) is 3.30. The molecule has 2 heterocycles. The summed E-state index contributed by atoms with van der Waals surface area (Å²) in [5.74, 6) is 0.165. The van der Waals surface area contributed by atoms with Gasteiger partial charge in [-0.05, 0) is 31.9 Å². The van der Waals surface area contributed by atoms with Crippen molar-refractivity contribution in [3.05, 3.63) is 88.0 Å². The minimum Gasteiger partial charge on any atom is -0.297 e. The van der Waals surface area contributed by atoms with Crippen LogP contribution >= 0.6 is 0 Å². The lowest BCUT2D eigenvalue weighted by molar-refractivity contribution is 0.0651. The number of hydrogen-bond acceptors (Lipinski definition) is 4. The number of aromatic nitrogens is 2. The lowest BCUT2D eigenvalue weighted by Gasteiger charge is -2.14. The summed E-state index contributed by atoms with van der Waals surface area (Å²) in [7, 11) is 0. The van der Waals surface area contributed by atoms with E-state index in [1.54, 1.807) is 34.9 Å². The van der Waals surface area contributed by atoms with E-state index in [9.17, 15) is 14.4 Å². The highest BCUT2D eigenvalue weighted by Gasteiger charge is 2.34. The molecule has 0 aliphatic carbocycles. The third-order valence-electron chi connectivity index (χ3n) is 5.16. The largest absolute Gasteiger partial charge is 0.297 e. The first-order valence-corrected chi connectivity index (χ1v) is 9.65. The van der Waals surface area contributed by atoms with Crippen LogP contribution in [0.5, 0.6) is 0 Å². The number of benzene rings is 2. The fraction of sp³-hybridized carbons (Fsp3) is 0.217. The molecular formula is C23H21N3O3. The second kappa shape index (κ2) is 7.83. The third kappa shape index (κ3) is 3.61. The van der Waals surface area contributed by atoms with Crippen LogP contribution in [0.3, 0.4) is 0 Å². The standard InChI is InChI=1S/C23H21N3O3/c1-16-24-20(17-9-3-2-4-10-17)15-21(27)25(16)13-7-8-14-26-22(28)18-11-5-6-12-19(18)23(26)29/h2-6,9-12,15H,7-8,13-14H2,1H3. The fourth-order valence-corrected chi connectivity index (χ4v) is 3.63. The van der Waals surface area contributed by atoms with Gasteiger partial charge in [0.1, 0.15) is 5.82 Å². The molecule has 1 aliphatic heterocycles. The Hall–Kier alpha value is -3.54. The van der Waals surface area contributed by atoms with E-state index in [0.717, 1.165) is 5.56 Å². The first-order chi connectivity index (χ1) is 14.1. The molecule has 0 radical (unpaired) electrons. The van der Waals surface area contributed by atoms with Crippen molar-refractivity contribution in [2.45, 2.75) is 26.3 Å². The molecule has 4 rings (SSSR count). The monoisotopic (exact) mass is 387 g/mol. The molecule has 0 atom stereocenters. The van der Waals surface area contributed by atoms with Gasteiger partial charge in [-0.2, -0.15) is 0 Å². The average Bonchev–Trinajstić information content (AvgIpc) is 2.98. The van der Waals surface area contributed by atoms with Gasteiger partial charge in [0, 0.05) is 24.7 Å². The third-order valence-corrected chi connectivity index (χ3v) is 5.16. The fourth-order valence-electron chi connectivity index (χ4n) is 3.63. The van der Waals surface area contributed by atoms with Crippen molar-refractivity contribution in [3.63, 3.8) is 0 Å². The number of hydrogen-bond donors (Lipinski definition) is 0. The van der Waals surface area contributed by atoms with Crippen molar-refractivity contribution in [2.75, 3.05) is 6.54 Å². The van der Waals surface area contributed by atoms with Gasteiger partial charge in [0.05, 0.1) is 16.8 Å². The second-order valence-electron chi connectivity index (χ2n) is 7.06. The molecule has 1 aromatic heterocycles. The van der Waals surface area contributed by atoms with Crippen LogP contribution in [0.15, 0.2) is 65.5 Å². The molecule has 6 nitrogen and oxygen atoms in total. The molecule has 2 amide bonds. The number of amides is 2. The summed E-state index contributed by atoms with van der Waals surface area (Å²) in [6, 6.07) is 18.0. The summed E-state index contributed by atoms with van der Waals surface area (Å²) in [5.41, 5.74) is 2.40. The highest BCUT2D eigenvalue weighted by Crippen LogP contribution is 2.22. The first-order valence-electron chi connectivity index (χ1n) is 9.65. The summed E-state index contributed by atoms with van der Waals surface area (Å²) >= 11 is 0. The van der Waals surface area contributed by atoms with E-state index in [-0.39, 0.29) is 17.4 Å². The van der Waals surface area contributed by atoms with Gasteiger partial charge < -0.3 is 0 Å². The Morgan fingerprint density at radius 2 is 1.38 bits per heavy atom. The number of imide groups is 1. The molecule has 0 N–H and O–H groups in total. The molecule has 2 aromatic carbocycles. The van der Waals surface area contributed by atoms with Crippen molar-refractivity contribution in [3.8, 4) is 11.3 Å². The number of aryl methyl sites for hydroxylation is 1. The van der Waals surface area contributed by atoms with E-state index in [2.05, 4.69) is 4.98 Å². The smallest absolute Gasteiger partial charge is 0.261 e. The van der Waals surface area contributed by atoms with Crippen molar-refractivity contribution in [1.82, 2.24) is 14.5 Å². The molecular weight excluding hydrogens is 366 g/mol. The molecule has 1 aliphatic rings. The van der Waals surface area contributed by atoms with Crippen LogP contribution in [0.4, 0.5) is 0 Å². The number of carbonyl (C=O) groups excluding carboxylic acids is 2. The van der Waals surface area contributed by atoms with Gasteiger partial charge in [-0.1, -0.05) is 42.5 Å². The maximum atomic E-state index is 12.5. The Labute approximate surface area is 168 Å². The number of carbonyl (C=O) groups is 2. The highest BCUT2D eigenvalue weighted by atomic mass is 16.2. The number of fused-ring (bicyclic) bond motifs is 1. The van der Waals surface area contributed by atoms with E-state index in [1.807, 2.05) is 37.3 Å². The first kappa shape index (κ1) is 18.8. The Balaban J connectivity index is 1.39. The van der Waals surface area contributed by atoms with Crippen molar-refractivity contribution in [1.29, 1.82) is 0 Å². The van der Waals surface area contributed by atoms with Gasteiger partial charge in [0.15, 0.2) is 0 Å². The topological polar surface area (TPSA) is 72.3 Å². The average molecular weight is 387 g/mol. The van der Waals surface area contributed by atoms with Crippen molar-refractivity contribution >= 4 is 11.8 Å². The minimum absolute atomic E-state index is 0.0999. The summed E-state index contributed by atoms with van der Waals surface area (Å²) in [6.45, 7) is 2.66. The molecule has 29 heavy (non-hydrogen) atoms. The van der Waals surface area contributed by atoms with Gasteiger partial charge in [0.2, 0.25) is 0 Å². The van der Waals surface area contributed by atoms with E-state index in [4.69, 9.17) is 0 Å². The number of nitrogens with zero attached hydrogens (tertiary/aromatic N) is 3. The SMILES string of the molecule is Cc1nc(-c2ccccc2)cc(=O)n1CCCCN1C(=O)c2ccccc2C1=O. The molecule has 3 aromatic rings. The highest BCUT2D eigenvalue weighted by molar-refractivity contribution is 6.21. The quantitative estimate of drug-likeness (QED) is 0.481. The van der Waals surface area contributed by atoms with Crippen molar-refractivity contribution < 1.29 is 9.59 Å². The zero-order chi connectivity index (χ0) is 20.4. The van der Waals surface area contributed by atoms with Crippen LogP contribution < -0.4 is 5.56 Å². The van der Waals surface area contributed by atoms with E-state index in [1.165, 1.54) is 4.90 Å². The van der Waals surface area contributed by atoms with Gasteiger partial charge >= 0.3 is 0 Å². The van der Waals surface area contributed by atoms with Crippen LogP contribution in [0, 0.1) is 6.92 Å². The number of unbranched alkanes of at least 4 members (excludes halogenated alkanes) is 1. The van der Waals surface area contributed by atoms with E-state index < -0.39 is 0 Å². The Kier molecular flexibility index (Phi) is 5.08. The zero-order valence-corrected chi connectivity index (χ0v) is 16.2. The van der Waals surface area contributed by atoms with Gasteiger partial charge in [-0.15, -0.1) is 0 Å². The van der Waals surface area contributed by atoms with E-state index in [0.29, 0.717) is 48.6 Å². The van der Waals surface area contributed by atoms with Crippen LogP contribution in [-0.4, -0.2) is 32.8 Å². The molecule has 6 heteroatoms. The molecule has 0 unspecified atom stereocenters. The molecule has 146 valence electrons. The summed E-state index contributed by atoms with van der Waals surface area (Å²) in [4.78, 5) is 43.2. The minimum atomic E-state index is -0.243. The molecule has 0 saturated carbocycles. The van der Waals surface area contributed by atoms with Crippen LogP contribution in [0.1, 0.15) is 39.4 Å². The predicted molar refractivity (Wildman–Crippen MR) is 110 cm³/mol. The molecule has 0 saturated heterocycles. The number of rotatable bonds is 6. The lowest BCUT2D eigenvalue weighted by atomic mass is 10.1. The van der Waals surface area contributed by atoms with Crippen molar-refractivity contribution in [2.24, 2.45) is 0 Å². The Morgan fingerprint density at radius 1 is 0.793 bits per heavy atom. The maximum absolute atomic E-state index is 12.5. The van der Waals surface area contributed by atoms with Gasteiger partial charge in [0.25, 0.3) is 17.4 Å². The summed E-state index contributed by atoms with van der Waals surface area (Å²) in [6.07, 6.45) is 1.29.